The molecule has 184 valence electrons. The van der Waals surface area contributed by atoms with Crippen LogP contribution in [0.1, 0.15) is 65.1 Å². The second kappa shape index (κ2) is 9.02. The topological polar surface area (TPSA) is 80.5 Å². The number of anilines is 2. The summed E-state index contributed by atoms with van der Waals surface area (Å²) in [6.45, 7) is 5.59. The van der Waals surface area contributed by atoms with Gasteiger partial charge in [0.15, 0.2) is 0 Å². The Labute approximate surface area is 208 Å². The van der Waals surface area contributed by atoms with E-state index in [-0.39, 0.29) is 5.91 Å². The quantitative estimate of drug-likeness (QED) is 0.378. The van der Waals surface area contributed by atoms with Crippen molar-refractivity contribution in [2.75, 3.05) is 18.5 Å². The molecule has 8 heteroatoms. The molecule has 1 unspecified atom stereocenters. The second-order valence-electron chi connectivity index (χ2n) is 9.42. The van der Waals surface area contributed by atoms with Crippen LogP contribution in [-0.4, -0.2) is 33.5 Å². The van der Waals surface area contributed by atoms with E-state index < -0.39 is 6.17 Å². The number of carbonyl (C=O) groups is 1. The molecule has 0 saturated carbocycles. The first-order chi connectivity index (χ1) is 17.5. The summed E-state index contributed by atoms with van der Waals surface area (Å²) in [6.07, 6.45) is 4.39. The first kappa shape index (κ1) is 22.7. The molecule has 0 spiro atoms. The maximum Gasteiger partial charge on any atom is 0.254 e. The van der Waals surface area contributed by atoms with E-state index in [9.17, 15) is 9.18 Å². The van der Waals surface area contributed by atoms with Gasteiger partial charge in [-0.05, 0) is 60.7 Å². The van der Waals surface area contributed by atoms with Crippen LogP contribution in [0.15, 0.2) is 48.8 Å². The van der Waals surface area contributed by atoms with Crippen LogP contribution >= 0.6 is 0 Å². The van der Waals surface area contributed by atoms with Crippen molar-refractivity contribution in [3.8, 4) is 11.3 Å². The molecule has 0 aliphatic carbocycles. The Morgan fingerprint density at radius 1 is 1.28 bits per heavy atom. The van der Waals surface area contributed by atoms with Crippen LogP contribution in [0.5, 0.6) is 0 Å². The Morgan fingerprint density at radius 3 is 2.94 bits per heavy atom. The Morgan fingerprint density at radius 2 is 2.17 bits per heavy atom. The maximum absolute atomic E-state index is 13.8. The molecule has 2 N–H and O–H groups in total. The summed E-state index contributed by atoms with van der Waals surface area (Å²) in [5.74, 6) is 0.990. The van der Waals surface area contributed by atoms with Gasteiger partial charge in [0.05, 0.1) is 29.7 Å². The number of pyridine rings is 2. The van der Waals surface area contributed by atoms with Crippen molar-refractivity contribution in [1.29, 1.82) is 0 Å². The number of alkyl halides is 1. The Hall–Kier alpha value is -3.78. The summed E-state index contributed by atoms with van der Waals surface area (Å²) in [6, 6.07) is 11.6. The molecule has 3 aromatic heterocycles. The van der Waals surface area contributed by atoms with Crippen molar-refractivity contribution in [3.63, 3.8) is 0 Å². The van der Waals surface area contributed by atoms with E-state index in [2.05, 4.69) is 28.6 Å². The number of benzene rings is 1. The monoisotopic (exact) mass is 485 g/mol. The number of nitrogens with zero attached hydrogens (tertiary/aromatic N) is 3. The van der Waals surface area contributed by atoms with Crippen molar-refractivity contribution in [1.82, 2.24) is 19.7 Å². The molecule has 0 radical (unpaired) electrons. The Kier molecular flexibility index (Phi) is 5.68. The van der Waals surface area contributed by atoms with Crippen molar-refractivity contribution in [2.24, 2.45) is 0 Å². The van der Waals surface area contributed by atoms with Crippen LogP contribution in [0.25, 0.3) is 16.9 Å². The molecule has 36 heavy (non-hydrogen) atoms. The van der Waals surface area contributed by atoms with E-state index in [1.807, 2.05) is 28.8 Å². The Bertz CT molecular complexity index is 1470. The smallest absolute Gasteiger partial charge is 0.254 e. The predicted molar refractivity (Wildman–Crippen MR) is 136 cm³/mol. The molecule has 0 bridgehead atoms. The maximum atomic E-state index is 13.8. The number of carbonyl (C=O) groups excluding carboxylic acids is 1. The minimum absolute atomic E-state index is 0.118. The molecular weight excluding hydrogens is 457 g/mol. The molecule has 1 fully saturated rings. The van der Waals surface area contributed by atoms with Crippen molar-refractivity contribution in [2.45, 2.75) is 45.3 Å². The minimum Gasteiger partial charge on any atom is -0.381 e. The second-order valence-corrected chi connectivity index (χ2v) is 9.42. The number of fused-ring (bicyclic) bond motifs is 2. The number of imidazole rings is 1. The van der Waals surface area contributed by atoms with Gasteiger partial charge in [-0.25, -0.2) is 14.4 Å². The lowest BCUT2D eigenvalue weighted by atomic mass is 9.96. The third-order valence-electron chi connectivity index (χ3n) is 7.21. The molecule has 1 amide bonds. The van der Waals surface area contributed by atoms with Crippen LogP contribution in [0, 0.1) is 0 Å². The van der Waals surface area contributed by atoms with Gasteiger partial charge in [0.1, 0.15) is 17.6 Å². The summed E-state index contributed by atoms with van der Waals surface area (Å²) in [7, 11) is 0. The largest absolute Gasteiger partial charge is 0.381 e. The van der Waals surface area contributed by atoms with E-state index in [1.54, 1.807) is 18.3 Å². The van der Waals surface area contributed by atoms with Crippen molar-refractivity contribution >= 4 is 23.1 Å². The third kappa shape index (κ3) is 3.82. The van der Waals surface area contributed by atoms with Crippen molar-refractivity contribution < 1.29 is 13.9 Å². The highest BCUT2D eigenvalue weighted by Gasteiger charge is 2.28. The lowest BCUT2D eigenvalue weighted by Gasteiger charge is -2.16. The SMILES string of the molecule is CCc1nc(Nc2ccc(-c3cnc4cc(C(C)F)ccn34)c3c2C(=O)NC3)ccc1[C@H]1CCOC1. The van der Waals surface area contributed by atoms with E-state index >= 15 is 0 Å². The van der Waals surface area contributed by atoms with Crippen LogP contribution in [0.2, 0.25) is 0 Å². The van der Waals surface area contributed by atoms with E-state index in [4.69, 9.17) is 9.72 Å². The minimum atomic E-state index is -1.06. The molecule has 4 aromatic rings. The molecule has 2 atom stereocenters. The van der Waals surface area contributed by atoms with E-state index in [0.717, 1.165) is 54.3 Å². The van der Waals surface area contributed by atoms with Crippen LogP contribution < -0.4 is 10.6 Å². The van der Waals surface area contributed by atoms with Crippen molar-refractivity contribution in [3.05, 3.63) is 76.7 Å². The van der Waals surface area contributed by atoms with Gasteiger partial charge in [-0.15, -0.1) is 0 Å². The molecule has 5 heterocycles. The van der Waals surface area contributed by atoms with Gasteiger partial charge in [-0.3, -0.25) is 9.20 Å². The van der Waals surface area contributed by atoms with Crippen LogP contribution in [-0.2, 0) is 17.7 Å². The number of hydrogen-bond acceptors (Lipinski definition) is 5. The zero-order valence-electron chi connectivity index (χ0n) is 20.3. The van der Waals surface area contributed by atoms with E-state index in [1.165, 1.54) is 12.5 Å². The van der Waals surface area contributed by atoms with Gasteiger partial charge in [0, 0.05) is 36.5 Å². The number of aryl methyl sites for hydroxylation is 1. The highest BCUT2D eigenvalue weighted by atomic mass is 19.1. The molecule has 1 saturated heterocycles. The molecule has 1 aromatic carbocycles. The first-order valence-electron chi connectivity index (χ1n) is 12.4. The fourth-order valence-electron chi connectivity index (χ4n) is 5.29. The van der Waals surface area contributed by atoms with Gasteiger partial charge in [0.25, 0.3) is 5.91 Å². The first-order valence-corrected chi connectivity index (χ1v) is 12.4. The van der Waals surface area contributed by atoms with Crippen LogP contribution in [0.4, 0.5) is 15.9 Å². The number of nitrogens with one attached hydrogen (secondary N) is 2. The lowest BCUT2D eigenvalue weighted by Crippen LogP contribution is -2.13. The fourth-order valence-corrected chi connectivity index (χ4v) is 5.29. The lowest BCUT2D eigenvalue weighted by molar-refractivity contribution is 0.0966. The number of hydrogen-bond donors (Lipinski definition) is 2. The number of rotatable bonds is 6. The van der Waals surface area contributed by atoms with E-state index in [0.29, 0.717) is 35.1 Å². The zero-order valence-corrected chi connectivity index (χ0v) is 20.3. The van der Waals surface area contributed by atoms with Crippen LogP contribution in [0.3, 0.4) is 0 Å². The number of halogens is 1. The summed E-state index contributed by atoms with van der Waals surface area (Å²) < 4.78 is 21.3. The third-order valence-corrected chi connectivity index (χ3v) is 7.21. The molecule has 2 aliphatic heterocycles. The standard InChI is InChI=1S/C28H28FN5O2/c1-3-22-19(18-9-11-36-15-18)5-7-25(32-22)33-23-6-4-20(21-13-31-28(35)27(21)23)24-14-30-26-12-17(16(2)29)8-10-34(24)26/h4-8,10,12,14,16,18H,3,9,11,13,15H2,1-2H3,(H,31,35)(H,32,33)/t16?,18-/m0/s1. The Balaban J connectivity index is 1.37. The molecule has 6 rings (SSSR count). The van der Waals surface area contributed by atoms with Gasteiger partial charge < -0.3 is 15.4 Å². The number of ether oxygens (including phenoxy) is 1. The van der Waals surface area contributed by atoms with Gasteiger partial charge >= 0.3 is 0 Å². The summed E-state index contributed by atoms with van der Waals surface area (Å²) in [5, 5.41) is 6.35. The number of aromatic nitrogens is 3. The average molecular weight is 486 g/mol. The normalized spacial score (nSPS) is 17.9. The highest BCUT2D eigenvalue weighted by Crippen LogP contribution is 2.36. The number of amides is 1. The molecule has 7 nitrogen and oxygen atoms in total. The zero-order chi connectivity index (χ0) is 24.8. The average Bonchev–Trinajstić information content (AvgIpc) is 3.64. The summed E-state index contributed by atoms with van der Waals surface area (Å²) in [4.78, 5) is 22.2. The van der Waals surface area contributed by atoms with Gasteiger partial charge in [-0.1, -0.05) is 19.1 Å². The molecule has 2 aliphatic rings. The summed E-state index contributed by atoms with van der Waals surface area (Å²) >= 11 is 0. The predicted octanol–water partition coefficient (Wildman–Crippen LogP) is 5.48. The highest BCUT2D eigenvalue weighted by molar-refractivity contribution is 6.06. The van der Waals surface area contributed by atoms with Gasteiger partial charge in [-0.2, -0.15) is 0 Å². The fraction of sp³-hybridized carbons (Fsp3) is 0.321. The molecular formula is C28H28FN5O2. The summed E-state index contributed by atoms with van der Waals surface area (Å²) in [5.41, 5.74) is 7.58. The van der Waals surface area contributed by atoms with Gasteiger partial charge in [0.2, 0.25) is 0 Å².